The van der Waals surface area contributed by atoms with E-state index in [1.807, 2.05) is 24.3 Å². The summed E-state index contributed by atoms with van der Waals surface area (Å²) >= 11 is 0. The molecule has 5 heteroatoms. The normalized spacial score (nSPS) is 10.1. The Labute approximate surface area is 123 Å². The van der Waals surface area contributed by atoms with Crippen LogP contribution < -0.4 is 15.2 Å². The molecule has 0 amide bonds. The van der Waals surface area contributed by atoms with Crippen molar-refractivity contribution in [2.24, 2.45) is 5.73 Å². The number of hydrogen-bond donors (Lipinski definition) is 3. The molecule has 0 aliphatic rings. The highest BCUT2D eigenvalue weighted by atomic mass is 16.5. The Morgan fingerprint density at radius 2 is 1.67 bits per heavy atom. The fourth-order valence-corrected chi connectivity index (χ4v) is 1.82. The number of amidine groups is 1. The number of benzene rings is 2. The zero-order chi connectivity index (χ0) is 15.1. The van der Waals surface area contributed by atoms with E-state index >= 15 is 0 Å². The van der Waals surface area contributed by atoms with E-state index in [0.717, 1.165) is 5.56 Å². The molecular weight excluding hydrogens is 268 g/mol. The molecule has 5 nitrogen and oxygen atoms in total. The highest BCUT2D eigenvalue weighted by Gasteiger charge is 2.02. The zero-order valence-corrected chi connectivity index (χ0v) is 11.6. The van der Waals surface area contributed by atoms with Gasteiger partial charge in [0, 0.05) is 11.1 Å². The van der Waals surface area contributed by atoms with Gasteiger partial charge in [0.15, 0.2) is 0 Å². The molecule has 0 aliphatic carbocycles. The van der Waals surface area contributed by atoms with Crippen LogP contribution in [0.2, 0.25) is 0 Å². The van der Waals surface area contributed by atoms with Gasteiger partial charge in [-0.15, -0.1) is 0 Å². The fourth-order valence-electron chi connectivity index (χ4n) is 1.82. The van der Waals surface area contributed by atoms with Gasteiger partial charge in [0.25, 0.3) is 0 Å². The maximum atomic E-state index is 9.18. The summed E-state index contributed by atoms with van der Waals surface area (Å²) in [4.78, 5) is 0. The van der Waals surface area contributed by atoms with Gasteiger partial charge >= 0.3 is 0 Å². The fraction of sp³-hybridized carbons (Fsp3) is 0.188. The number of rotatable bonds is 7. The molecule has 0 spiro atoms. The van der Waals surface area contributed by atoms with Gasteiger partial charge in [-0.3, -0.25) is 5.41 Å². The van der Waals surface area contributed by atoms with Crippen LogP contribution in [0.15, 0.2) is 48.5 Å². The largest absolute Gasteiger partial charge is 0.490 e. The summed E-state index contributed by atoms with van der Waals surface area (Å²) in [6, 6.07) is 14.3. The van der Waals surface area contributed by atoms with Gasteiger partial charge in [-0.2, -0.15) is 0 Å². The third-order valence-electron chi connectivity index (χ3n) is 2.92. The van der Waals surface area contributed by atoms with E-state index in [0.29, 0.717) is 30.3 Å². The van der Waals surface area contributed by atoms with E-state index in [1.54, 1.807) is 24.3 Å². The van der Waals surface area contributed by atoms with Crippen LogP contribution >= 0.6 is 0 Å². The van der Waals surface area contributed by atoms with Crippen molar-refractivity contribution >= 4 is 5.84 Å². The number of hydrogen-bond acceptors (Lipinski definition) is 4. The number of nitrogens with one attached hydrogen (secondary N) is 1. The third kappa shape index (κ3) is 4.22. The molecule has 0 aromatic heterocycles. The number of nitrogens with two attached hydrogens (primary N) is 1. The van der Waals surface area contributed by atoms with Crippen molar-refractivity contribution in [1.82, 2.24) is 0 Å². The van der Waals surface area contributed by atoms with Crippen molar-refractivity contribution in [1.29, 1.82) is 5.41 Å². The Morgan fingerprint density at radius 1 is 1.00 bits per heavy atom. The highest BCUT2D eigenvalue weighted by Crippen LogP contribution is 2.17. The van der Waals surface area contributed by atoms with E-state index in [-0.39, 0.29) is 12.4 Å². The molecule has 0 radical (unpaired) electrons. The summed E-state index contributed by atoms with van der Waals surface area (Å²) in [6.45, 7) is 0.716. The molecule has 110 valence electrons. The lowest BCUT2D eigenvalue weighted by Crippen LogP contribution is -2.11. The predicted molar refractivity (Wildman–Crippen MR) is 80.8 cm³/mol. The van der Waals surface area contributed by atoms with Gasteiger partial charge in [-0.25, -0.2) is 0 Å². The minimum atomic E-state index is -0.0520. The van der Waals surface area contributed by atoms with Crippen LogP contribution in [-0.2, 0) is 6.61 Å². The van der Waals surface area contributed by atoms with Crippen molar-refractivity contribution < 1.29 is 14.6 Å². The van der Waals surface area contributed by atoms with Crippen molar-refractivity contribution in [3.63, 3.8) is 0 Å². The summed E-state index contributed by atoms with van der Waals surface area (Å²) in [5.74, 6) is 1.39. The second-order valence-corrected chi connectivity index (χ2v) is 4.40. The Bertz CT molecular complexity index is 597. The molecule has 0 aliphatic heterocycles. The van der Waals surface area contributed by atoms with Gasteiger partial charge in [0.2, 0.25) is 0 Å². The third-order valence-corrected chi connectivity index (χ3v) is 2.92. The van der Waals surface area contributed by atoms with Crippen LogP contribution in [0.1, 0.15) is 11.1 Å². The number of para-hydroxylation sites is 1. The van der Waals surface area contributed by atoms with Crippen LogP contribution in [0.3, 0.4) is 0 Å². The van der Waals surface area contributed by atoms with Crippen molar-refractivity contribution in [2.75, 3.05) is 13.2 Å². The molecular formula is C16H18N2O3. The molecule has 0 unspecified atom stereocenters. The molecule has 2 rings (SSSR count). The van der Waals surface area contributed by atoms with Gasteiger partial charge in [0.1, 0.15) is 30.5 Å². The predicted octanol–water partition coefficient (Wildman–Crippen LogP) is 1.92. The molecule has 0 saturated carbocycles. The van der Waals surface area contributed by atoms with Crippen LogP contribution in [0.4, 0.5) is 0 Å². The molecule has 4 N–H and O–H groups in total. The van der Waals surface area contributed by atoms with E-state index in [1.165, 1.54) is 0 Å². The standard InChI is InChI=1S/C16H18N2O3/c17-16(18)12-5-7-14(8-6-12)20-9-10-21-15-4-2-1-3-13(15)11-19/h1-8,19H,9-11H2,(H3,17,18). The Kier molecular flexibility index (Phi) is 5.17. The molecule has 0 bridgehead atoms. The minimum Gasteiger partial charge on any atom is -0.490 e. The van der Waals surface area contributed by atoms with Crippen LogP contribution in [-0.4, -0.2) is 24.2 Å². The zero-order valence-electron chi connectivity index (χ0n) is 11.6. The van der Waals surface area contributed by atoms with Crippen molar-refractivity contribution in [2.45, 2.75) is 6.61 Å². The van der Waals surface area contributed by atoms with Crippen LogP contribution in [0.25, 0.3) is 0 Å². The topological polar surface area (TPSA) is 88.6 Å². The second-order valence-electron chi connectivity index (χ2n) is 4.40. The average molecular weight is 286 g/mol. The van der Waals surface area contributed by atoms with E-state index in [9.17, 15) is 5.11 Å². The first-order chi connectivity index (χ1) is 10.2. The molecule has 0 heterocycles. The first kappa shape index (κ1) is 14.9. The lowest BCUT2D eigenvalue weighted by atomic mass is 10.2. The second kappa shape index (κ2) is 7.31. The van der Waals surface area contributed by atoms with Crippen molar-refractivity contribution in [3.05, 3.63) is 59.7 Å². The maximum Gasteiger partial charge on any atom is 0.124 e. The number of nitrogen functional groups attached to an aromatic ring is 1. The van der Waals surface area contributed by atoms with Gasteiger partial charge in [-0.1, -0.05) is 18.2 Å². The van der Waals surface area contributed by atoms with E-state index in [4.69, 9.17) is 20.6 Å². The Hall–Kier alpha value is -2.53. The van der Waals surface area contributed by atoms with E-state index in [2.05, 4.69) is 0 Å². The van der Waals surface area contributed by atoms with Gasteiger partial charge in [-0.05, 0) is 30.3 Å². The molecule has 2 aromatic rings. The maximum absolute atomic E-state index is 9.18. The summed E-state index contributed by atoms with van der Waals surface area (Å²) in [5, 5.41) is 16.5. The summed E-state index contributed by atoms with van der Waals surface area (Å²) in [5.41, 5.74) is 6.79. The number of aliphatic hydroxyl groups excluding tert-OH is 1. The lowest BCUT2D eigenvalue weighted by molar-refractivity contribution is 0.210. The Morgan fingerprint density at radius 3 is 2.33 bits per heavy atom. The molecule has 21 heavy (non-hydrogen) atoms. The Balaban J connectivity index is 1.80. The quantitative estimate of drug-likeness (QED) is 0.412. The van der Waals surface area contributed by atoms with Gasteiger partial charge in [0.05, 0.1) is 6.61 Å². The van der Waals surface area contributed by atoms with Crippen molar-refractivity contribution in [3.8, 4) is 11.5 Å². The molecule has 0 saturated heterocycles. The van der Waals surface area contributed by atoms with Crippen LogP contribution in [0.5, 0.6) is 11.5 Å². The molecule has 0 fully saturated rings. The monoisotopic (exact) mass is 286 g/mol. The SMILES string of the molecule is N=C(N)c1ccc(OCCOc2ccccc2CO)cc1. The lowest BCUT2D eigenvalue weighted by Gasteiger charge is -2.11. The highest BCUT2D eigenvalue weighted by molar-refractivity contribution is 5.94. The van der Waals surface area contributed by atoms with Gasteiger partial charge < -0.3 is 20.3 Å². The summed E-state index contributed by atoms with van der Waals surface area (Å²) < 4.78 is 11.1. The number of ether oxygens (including phenoxy) is 2. The summed E-state index contributed by atoms with van der Waals surface area (Å²) in [6.07, 6.45) is 0. The smallest absolute Gasteiger partial charge is 0.124 e. The van der Waals surface area contributed by atoms with E-state index < -0.39 is 0 Å². The average Bonchev–Trinajstić information content (AvgIpc) is 2.52. The van der Waals surface area contributed by atoms with Crippen LogP contribution in [0, 0.1) is 5.41 Å². The number of aliphatic hydroxyl groups is 1. The first-order valence-electron chi connectivity index (χ1n) is 6.59. The summed E-state index contributed by atoms with van der Waals surface area (Å²) in [7, 11) is 0. The molecule has 0 atom stereocenters. The minimum absolute atomic E-state index is 0.0329. The molecule has 2 aromatic carbocycles. The first-order valence-corrected chi connectivity index (χ1v) is 6.59.